The van der Waals surface area contributed by atoms with Gasteiger partial charge in [-0.15, -0.1) is 11.8 Å². The van der Waals surface area contributed by atoms with E-state index in [2.05, 4.69) is 24.3 Å². The van der Waals surface area contributed by atoms with Crippen molar-refractivity contribution in [3.05, 3.63) is 65.7 Å². The Labute approximate surface area is 141 Å². The fourth-order valence-corrected chi connectivity index (χ4v) is 4.20. The number of fused-ring (bicyclic) bond motifs is 1. The van der Waals surface area contributed by atoms with Crippen LogP contribution in [-0.4, -0.2) is 36.2 Å². The zero-order valence-corrected chi connectivity index (χ0v) is 14.0. The lowest BCUT2D eigenvalue weighted by molar-refractivity contribution is -0.132. The van der Waals surface area contributed by atoms with Crippen molar-refractivity contribution in [2.75, 3.05) is 25.4 Å². The summed E-state index contributed by atoms with van der Waals surface area (Å²) in [6.45, 7) is 1.85. The third kappa shape index (κ3) is 3.77. The first-order valence-corrected chi connectivity index (χ1v) is 9.02. The van der Waals surface area contributed by atoms with Crippen LogP contribution < -0.4 is 5.73 Å². The highest BCUT2D eigenvalue weighted by Crippen LogP contribution is 2.40. The monoisotopic (exact) mass is 326 g/mol. The minimum absolute atomic E-state index is 0.0291. The second kappa shape index (κ2) is 7.66. The van der Waals surface area contributed by atoms with Crippen LogP contribution in [0.2, 0.25) is 0 Å². The van der Waals surface area contributed by atoms with Crippen LogP contribution in [0.25, 0.3) is 0 Å². The number of thioether (sulfide) groups is 1. The molecule has 2 aromatic carbocycles. The molecule has 0 bridgehead atoms. The molecule has 1 aliphatic heterocycles. The maximum absolute atomic E-state index is 13.0. The topological polar surface area (TPSA) is 46.3 Å². The van der Waals surface area contributed by atoms with Gasteiger partial charge in [0.25, 0.3) is 0 Å². The molecule has 0 radical (unpaired) electrons. The Balaban J connectivity index is 1.70. The van der Waals surface area contributed by atoms with E-state index in [-0.39, 0.29) is 11.8 Å². The highest BCUT2D eigenvalue weighted by atomic mass is 32.2. The van der Waals surface area contributed by atoms with Gasteiger partial charge < -0.3 is 10.6 Å². The van der Waals surface area contributed by atoms with E-state index >= 15 is 0 Å². The van der Waals surface area contributed by atoms with Crippen molar-refractivity contribution >= 4 is 17.7 Å². The van der Waals surface area contributed by atoms with Gasteiger partial charge in [-0.1, -0.05) is 48.5 Å². The zero-order chi connectivity index (χ0) is 16.1. The second-order valence-electron chi connectivity index (χ2n) is 5.75. The number of nitrogens with zero attached hydrogens (tertiary/aromatic N) is 1. The maximum Gasteiger partial charge on any atom is 0.231 e. The molecule has 2 N–H and O–H groups in total. The van der Waals surface area contributed by atoms with Crippen molar-refractivity contribution in [1.29, 1.82) is 0 Å². The molecule has 1 heterocycles. The molecule has 0 saturated heterocycles. The number of amides is 1. The number of hydrogen-bond acceptors (Lipinski definition) is 3. The van der Waals surface area contributed by atoms with Gasteiger partial charge in [0, 0.05) is 30.3 Å². The van der Waals surface area contributed by atoms with E-state index in [4.69, 9.17) is 5.73 Å². The first kappa shape index (κ1) is 16.1. The molecule has 2 aromatic rings. The molecule has 4 heteroatoms. The fraction of sp³-hybridized carbons (Fsp3) is 0.316. The first-order valence-electron chi connectivity index (χ1n) is 8.04. The molecule has 3 rings (SSSR count). The summed E-state index contributed by atoms with van der Waals surface area (Å²) in [6, 6.07) is 18.5. The highest BCUT2D eigenvalue weighted by molar-refractivity contribution is 7.99. The third-order valence-electron chi connectivity index (χ3n) is 4.22. The summed E-state index contributed by atoms with van der Waals surface area (Å²) >= 11 is 1.78. The van der Waals surface area contributed by atoms with E-state index in [0.29, 0.717) is 13.1 Å². The van der Waals surface area contributed by atoms with Crippen molar-refractivity contribution in [1.82, 2.24) is 4.90 Å². The van der Waals surface area contributed by atoms with Crippen molar-refractivity contribution in [2.45, 2.75) is 17.2 Å². The van der Waals surface area contributed by atoms with Gasteiger partial charge in [-0.05, 0) is 23.6 Å². The molecule has 120 valence electrons. The van der Waals surface area contributed by atoms with E-state index in [0.717, 1.165) is 18.7 Å². The number of carbonyl (C=O) groups excluding carboxylic acids is 1. The molecule has 0 aliphatic carbocycles. The molecule has 1 atom stereocenters. The van der Waals surface area contributed by atoms with Crippen molar-refractivity contribution in [3.8, 4) is 0 Å². The molecular formula is C19H22N2OS. The van der Waals surface area contributed by atoms with Crippen LogP contribution in [0.3, 0.4) is 0 Å². The predicted molar refractivity (Wildman–Crippen MR) is 95.7 cm³/mol. The fourth-order valence-electron chi connectivity index (χ4n) is 2.98. The molecule has 0 aromatic heterocycles. The van der Waals surface area contributed by atoms with Crippen molar-refractivity contribution < 1.29 is 4.79 Å². The quantitative estimate of drug-likeness (QED) is 0.888. The zero-order valence-electron chi connectivity index (χ0n) is 13.2. The second-order valence-corrected chi connectivity index (χ2v) is 6.81. The predicted octanol–water partition coefficient (Wildman–Crippen LogP) is 2.91. The SMILES string of the molecule is NCCN(CCc1ccccc1)C(=O)C1CSc2ccccc21. The highest BCUT2D eigenvalue weighted by Gasteiger charge is 2.31. The number of hydrogen-bond donors (Lipinski definition) is 1. The van der Waals surface area contributed by atoms with Crippen LogP contribution in [0.5, 0.6) is 0 Å². The molecule has 0 fully saturated rings. The Morgan fingerprint density at radius 1 is 1.09 bits per heavy atom. The summed E-state index contributed by atoms with van der Waals surface area (Å²) in [5, 5.41) is 0. The average Bonchev–Trinajstić information content (AvgIpc) is 3.03. The summed E-state index contributed by atoms with van der Waals surface area (Å²) in [7, 11) is 0. The van der Waals surface area contributed by atoms with Gasteiger partial charge in [-0.2, -0.15) is 0 Å². The lowest BCUT2D eigenvalue weighted by Crippen LogP contribution is -2.40. The molecule has 1 amide bonds. The molecule has 0 saturated carbocycles. The van der Waals surface area contributed by atoms with Gasteiger partial charge in [-0.3, -0.25) is 4.79 Å². The van der Waals surface area contributed by atoms with Crippen LogP contribution >= 0.6 is 11.8 Å². The summed E-state index contributed by atoms with van der Waals surface area (Å²) in [5.74, 6) is 1.02. The van der Waals surface area contributed by atoms with Gasteiger partial charge in [0.05, 0.1) is 5.92 Å². The van der Waals surface area contributed by atoms with E-state index in [1.54, 1.807) is 11.8 Å². The van der Waals surface area contributed by atoms with Crippen LogP contribution in [-0.2, 0) is 11.2 Å². The summed E-state index contributed by atoms with van der Waals surface area (Å²) in [5.41, 5.74) is 8.15. The maximum atomic E-state index is 13.0. The standard InChI is InChI=1S/C19H22N2OS/c20-11-13-21(12-10-15-6-2-1-3-7-15)19(22)17-14-23-18-9-5-4-8-16(17)18/h1-9,17H,10-14,20H2. The van der Waals surface area contributed by atoms with Crippen molar-refractivity contribution in [2.24, 2.45) is 5.73 Å². The van der Waals surface area contributed by atoms with E-state index in [1.165, 1.54) is 16.0 Å². The number of carbonyl (C=O) groups is 1. The Morgan fingerprint density at radius 2 is 1.83 bits per heavy atom. The van der Waals surface area contributed by atoms with Gasteiger partial charge in [0.1, 0.15) is 0 Å². The smallest absolute Gasteiger partial charge is 0.231 e. The van der Waals surface area contributed by atoms with Gasteiger partial charge >= 0.3 is 0 Å². The van der Waals surface area contributed by atoms with Crippen LogP contribution in [0.15, 0.2) is 59.5 Å². The Hall–Kier alpha value is -1.78. The largest absolute Gasteiger partial charge is 0.341 e. The summed E-state index contributed by atoms with van der Waals surface area (Å²) in [4.78, 5) is 16.1. The Morgan fingerprint density at radius 3 is 2.61 bits per heavy atom. The third-order valence-corrected chi connectivity index (χ3v) is 5.40. The molecule has 0 spiro atoms. The lowest BCUT2D eigenvalue weighted by Gasteiger charge is -2.25. The first-order chi connectivity index (χ1) is 11.3. The van der Waals surface area contributed by atoms with E-state index < -0.39 is 0 Å². The lowest BCUT2D eigenvalue weighted by atomic mass is 9.99. The molecule has 1 unspecified atom stereocenters. The van der Waals surface area contributed by atoms with Crippen LogP contribution in [0.4, 0.5) is 0 Å². The normalized spacial score (nSPS) is 16.1. The minimum atomic E-state index is -0.0291. The van der Waals surface area contributed by atoms with Gasteiger partial charge in [0.2, 0.25) is 5.91 Å². The van der Waals surface area contributed by atoms with E-state index in [9.17, 15) is 4.79 Å². The Bertz CT molecular complexity index is 659. The Kier molecular flexibility index (Phi) is 5.36. The summed E-state index contributed by atoms with van der Waals surface area (Å²) < 4.78 is 0. The summed E-state index contributed by atoms with van der Waals surface area (Å²) in [6.07, 6.45) is 0.869. The molecular weight excluding hydrogens is 304 g/mol. The van der Waals surface area contributed by atoms with Crippen LogP contribution in [0.1, 0.15) is 17.0 Å². The molecule has 1 aliphatic rings. The van der Waals surface area contributed by atoms with Gasteiger partial charge in [-0.25, -0.2) is 0 Å². The molecule has 23 heavy (non-hydrogen) atoms. The number of benzene rings is 2. The van der Waals surface area contributed by atoms with Crippen LogP contribution in [0, 0.1) is 0 Å². The number of rotatable bonds is 6. The number of nitrogens with two attached hydrogens (primary N) is 1. The van der Waals surface area contributed by atoms with E-state index in [1.807, 2.05) is 35.2 Å². The molecule has 3 nitrogen and oxygen atoms in total. The average molecular weight is 326 g/mol. The van der Waals surface area contributed by atoms with Gasteiger partial charge in [0.15, 0.2) is 0 Å². The minimum Gasteiger partial charge on any atom is -0.341 e. The van der Waals surface area contributed by atoms with Crippen molar-refractivity contribution in [3.63, 3.8) is 0 Å².